The molecular formula is C16H24Cl2N2. The van der Waals surface area contributed by atoms with Gasteiger partial charge in [-0.15, -0.1) is 0 Å². The fourth-order valence-corrected chi connectivity index (χ4v) is 3.08. The number of benzene rings is 1. The van der Waals surface area contributed by atoms with Gasteiger partial charge in [0.05, 0.1) is 0 Å². The molecule has 0 amide bonds. The molecule has 0 bridgehead atoms. The van der Waals surface area contributed by atoms with Crippen LogP contribution in [0.2, 0.25) is 10.0 Å². The minimum atomic E-state index is 0.270. The third kappa shape index (κ3) is 4.36. The molecule has 2 nitrogen and oxygen atoms in total. The number of hydrogen-bond acceptors (Lipinski definition) is 2. The van der Waals surface area contributed by atoms with Crippen LogP contribution in [0, 0.1) is 5.41 Å². The molecule has 1 aromatic rings. The van der Waals surface area contributed by atoms with E-state index in [1.54, 1.807) is 0 Å². The molecule has 4 heteroatoms. The first-order chi connectivity index (χ1) is 9.36. The maximum Gasteiger partial charge on any atom is 0.0465 e. The van der Waals surface area contributed by atoms with Crippen LogP contribution in [0.5, 0.6) is 0 Å². The minimum absolute atomic E-state index is 0.270. The standard InChI is InChI=1S/C16H24Cl2N2/c1-16(2,3)15-11-20(8-4-7-19-15)10-12-5-6-13(17)9-14(12)18/h5-6,9,15,19H,4,7-8,10-11H2,1-3H3. The van der Waals surface area contributed by atoms with Crippen LogP contribution >= 0.6 is 23.2 Å². The molecule has 0 saturated carbocycles. The van der Waals surface area contributed by atoms with Crippen LogP contribution in [-0.4, -0.2) is 30.6 Å². The van der Waals surface area contributed by atoms with Gasteiger partial charge in [0.1, 0.15) is 0 Å². The van der Waals surface area contributed by atoms with Gasteiger partial charge in [-0.2, -0.15) is 0 Å². The molecule has 1 fully saturated rings. The molecule has 1 aliphatic rings. The zero-order chi connectivity index (χ0) is 14.8. The van der Waals surface area contributed by atoms with E-state index in [2.05, 4.69) is 31.0 Å². The minimum Gasteiger partial charge on any atom is -0.312 e. The molecule has 1 N–H and O–H groups in total. The van der Waals surface area contributed by atoms with E-state index in [1.165, 1.54) is 6.42 Å². The van der Waals surface area contributed by atoms with Crippen molar-refractivity contribution in [3.63, 3.8) is 0 Å². The van der Waals surface area contributed by atoms with Gasteiger partial charge in [0.25, 0.3) is 0 Å². The van der Waals surface area contributed by atoms with Gasteiger partial charge in [-0.25, -0.2) is 0 Å². The first kappa shape index (κ1) is 16.1. The summed E-state index contributed by atoms with van der Waals surface area (Å²) in [6, 6.07) is 6.29. The number of nitrogens with one attached hydrogen (secondary N) is 1. The van der Waals surface area contributed by atoms with Gasteiger partial charge < -0.3 is 5.32 Å². The summed E-state index contributed by atoms with van der Waals surface area (Å²) in [7, 11) is 0. The maximum absolute atomic E-state index is 6.29. The Morgan fingerprint density at radius 3 is 2.70 bits per heavy atom. The van der Waals surface area contributed by atoms with E-state index in [0.717, 1.165) is 36.8 Å². The van der Waals surface area contributed by atoms with Gasteiger partial charge in [-0.1, -0.05) is 50.0 Å². The Morgan fingerprint density at radius 2 is 2.05 bits per heavy atom. The Labute approximate surface area is 132 Å². The molecular weight excluding hydrogens is 291 g/mol. The first-order valence-electron chi connectivity index (χ1n) is 7.26. The van der Waals surface area contributed by atoms with Crippen LogP contribution in [0.15, 0.2) is 18.2 Å². The van der Waals surface area contributed by atoms with Crippen molar-refractivity contribution >= 4 is 23.2 Å². The molecule has 1 aromatic carbocycles. The molecule has 1 saturated heterocycles. The highest BCUT2D eigenvalue weighted by molar-refractivity contribution is 6.35. The average Bonchev–Trinajstić information content (AvgIpc) is 2.58. The second-order valence-corrected chi connectivity index (χ2v) is 7.54. The molecule has 1 atom stereocenters. The number of nitrogens with zero attached hydrogens (tertiary/aromatic N) is 1. The van der Waals surface area contributed by atoms with Gasteiger partial charge >= 0.3 is 0 Å². The molecule has 0 aliphatic carbocycles. The van der Waals surface area contributed by atoms with Crippen molar-refractivity contribution < 1.29 is 0 Å². The van der Waals surface area contributed by atoms with Crippen LogP contribution in [-0.2, 0) is 6.54 Å². The quantitative estimate of drug-likeness (QED) is 0.880. The summed E-state index contributed by atoms with van der Waals surface area (Å²) in [5.41, 5.74) is 1.43. The summed E-state index contributed by atoms with van der Waals surface area (Å²) >= 11 is 12.2. The van der Waals surface area contributed by atoms with Crippen LogP contribution in [0.3, 0.4) is 0 Å². The third-order valence-corrected chi connectivity index (χ3v) is 4.52. The van der Waals surface area contributed by atoms with Crippen LogP contribution in [0.25, 0.3) is 0 Å². The van der Waals surface area contributed by atoms with Gasteiger partial charge in [0.15, 0.2) is 0 Å². The van der Waals surface area contributed by atoms with E-state index < -0.39 is 0 Å². The van der Waals surface area contributed by atoms with Crippen molar-refractivity contribution in [1.29, 1.82) is 0 Å². The van der Waals surface area contributed by atoms with E-state index in [1.807, 2.05) is 18.2 Å². The zero-order valence-electron chi connectivity index (χ0n) is 12.5. The van der Waals surface area contributed by atoms with Crippen molar-refractivity contribution in [2.45, 2.75) is 39.8 Å². The highest BCUT2D eigenvalue weighted by atomic mass is 35.5. The highest BCUT2D eigenvalue weighted by Crippen LogP contribution is 2.25. The van der Waals surface area contributed by atoms with Crippen molar-refractivity contribution in [3.05, 3.63) is 33.8 Å². The van der Waals surface area contributed by atoms with Gasteiger partial charge in [-0.05, 0) is 42.6 Å². The molecule has 0 radical (unpaired) electrons. The van der Waals surface area contributed by atoms with Crippen LogP contribution < -0.4 is 5.32 Å². The zero-order valence-corrected chi connectivity index (χ0v) is 14.1. The van der Waals surface area contributed by atoms with Gasteiger partial charge in [0.2, 0.25) is 0 Å². The molecule has 2 rings (SSSR count). The van der Waals surface area contributed by atoms with E-state index >= 15 is 0 Å². The van der Waals surface area contributed by atoms with E-state index in [4.69, 9.17) is 23.2 Å². The third-order valence-electron chi connectivity index (χ3n) is 3.94. The topological polar surface area (TPSA) is 15.3 Å². The fraction of sp³-hybridized carbons (Fsp3) is 0.625. The summed E-state index contributed by atoms with van der Waals surface area (Å²) in [6.45, 7) is 11.0. The monoisotopic (exact) mass is 314 g/mol. The molecule has 1 aliphatic heterocycles. The van der Waals surface area contributed by atoms with Gasteiger partial charge in [-0.3, -0.25) is 4.90 Å². The van der Waals surface area contributed by atoms with Crippen molar-refractivity contribution in [2.75, 3.05) is 19.6 Å². The number of hydrogen-bond donors (Lipinski definition) is 1. The normalized spacial score (nSPS) is 21.8. The molecule has 20 heavy (non-hydrogen) atoms. The summed E-state index contributed by atoms with van der Waals surface area (Å²) < 4.78 is 0. The smallest absolute Gasteiger partial charge is 0.0465 e. The Morgan fingerprint density at radius 1 is 1.30 bits per heavy atom. The SMILES string of the molecule is CC(C)(C)C1CN(Cc2ccc(Cl)cc2Cl)CCCN1. The molecule has 0 aromatic heterocycles. The van der Waals surface area contributed by atoms with Crippen molar-refractivity contribution in [2.24, 2.45) is 5.41 Å². The Balaban J connectivity index is 2.07. The van der Waals surface area contributed by atoms with Crippen molar-refractivity contribution in [1.82, 2.24) is 10.2 Å². The second-order valence-electron chi connectivity index (χ2n) is 6.70. The first-order valence-corrected chi connectivity index (χ1v) is 8.01. The largest absolute Gasteiger partial charge is 0.312 e. The average molecular weight is 315 g/mol. The molecule has 1 heterocycles. The number of halogens is 2. The lowest BCUT2D eigenvalue weighted by molar-refractivity contribution is 0.192. The Bertz CT molecular complexity index is 454. The van der Waals surface area contributed by atoms with Crippen molar-refractivity contribution in [3.8, 4) is 0 Å². The maximum atomic E-state index is 6.29. The predicted molar refractivity (Wildman–Crippen MR) is 87.6 cm³/mol. The lowest BCUT2D eigenvalue weighted by atomic mass is 9.86. The molecule has 0 spiro atoms. The lowest BCUT2D eigenvalue weighted by Crippen LogP contribution is -2.46. The lowest BCUT2D eigenvalue weighted by Gasteiger charge is -2.33. The van der Waals surface area contributed by atoms with E-state index in [0.29, 0.717) is 11.1 Å². The Hall–Kier alpha value is -0.280. The number of rotatable bonds is 2. The van der Waals surface area contributed by atoms with Gasteiger partial charge in [0, 0.05) is 29.2 Å². The fourth-order valence-electron chi connectivity index (χ4n) is 2.61. The molecule has 112 valence electrons. The predicted octanol–water partition coefficient (Wildman–Crippen LogP) is 4.20. The summed E-state index contributed by atoms with van der Waals surface area (Å²) in [4.78, 5) is 2.49. The van der Waals surface area contributed by atoms with Crippen LogP contribution in [0.4, 0.5) is 0 Å². The summed E-state index contributed by atoms with van der Waals surface area (Å²) in [6.07, 6.45) is 1.18. The second kappa shape index (κ2) is 6.65. The summed E-state index contributed by atoms with van der Waals surface area (Å²) in [5, 5.41) is 5.13. The Kier molecular flexibility index (Phi) is 5.36. The molecule has 1 unspecified atom stereocenters. The van der Waals surface area contributed by atoms with E-state index in [9.17, 15) is 0 Å². The highest BCUT2D eigenvalue weighted by Gasteiger charge is 2.28. The van der Waals surface area contributed by atoms with E-state index in [-0.39, 0.29) is 5.41 Å². The summed E-state index contributed by atoms with van der Waals surface area (Å²) in [5.74, 6) is 0. The van der Waals surface area contributed by atoms with Crippen LogP contribution in [0.1, 0.15) is 32.8 Å².